The summed E-state index contributed by atoms with van der Waals surface area (Å²) in [6.45, 7) is 0. The first-order chi connectivity index (χ1) is 10.2. The van der Waals surface area contributed by atoms with Crippen molar-refractivity contribution < 1.29 is 260 Å². The summed E-state index contributed by atoms with van der Waals surface area (Å²) >= 11 is 0. The predicted octanol–water partition coefficient (Wildman–Crippen LogP) is -17.3. The van der Waals surface area contributed by atoms with Crippen LogP contribution in [0.4, 0.5) is 0 Å². The van der Waals surface area contributed by atoms with E-state index in [4.69, 9.17) is 29.4 Å². The van der Waals surface area contributed by atoms with Gasteiger partial charge in [-0.15, -0.1) is 0 Å². The van der Waals surface area contributed by atoms with Crippen molar-refractivity contribution >= 4 is 46.9 Å². The fraction of sp³-hybridized carbons (Fsp3) is 0. The van der Waals surface area contributed by atoms with Crippen LogP contribution in [0.1, 0.15) is 0 Å². The molecular weight excluding hydrogens is 612 g/mol. The van der Waals surface area contributed by atoms with Gasteiger partial charge in [0.15, 0.2) is 0 Å². The molecule has 1 saturated heterocycles. The molecule has 0 atom stereocenters. The predicted molar refractivity (Wildman–Crippen MR) is 65.5 cm³/mol. The SMILES string of the molecule is O=P1(O)OP(=O)(O)OP(=O)(O)OP(=O)(O)OP(=O)(O)OP(=O)(O)O1.[Na+].[Na+].[Na+].[Na+].[Na+].[Na+]. The van der Waals surface area contributed by atoms with E-state index in [9.17, 15) is 27.4 Å². The average Bonchev–Trinajstić information content (AvgIpc) is 1.98. The zero-order valence-electron chi connectivity index (χ0n) is 16.3. The topological polar surface area (TPSA) is 279 Å². The molecule has 144 valence electrons. The molecule has 0 unspecified atom stereocenters. The van der Waals surface area contributed by atoms with Crippen molar-refractivity contribution in [2.45, 2.75) is 0 Å². The van der Waals surface area contributed by atoms with E-state index in [2.05, 4.69) is 25.9 Å². The van der Waals surface area contributed by atoms with Crippen LogP contribution in [0.5, 0.6) is 0 Å². The van der Waals surface area contributed by atoms with Gasteiger partial charge in [-0.25, -0.2) is 27.4 Å². The molecule has 18 nitrogen and oxygen atoms in total. The summed E-state index contributed by atoms with van der Waals surface area (Å²) in [7, 11) is -36.7. The molecule has 30 heteroatoms. The Morgan fingerprint density at radius 3 is 0.433 bits per heavy atom. The van der Waals surface area contributed by atoms with Crippen molar-refractivity contribution in [3.05, 3.63) is 0 Å². The summed E-state index contributed by atoms with van der Waals surface area (Å²) in [5.41, 5.74) is 0. The zero-order valence-corrected chi connectivity index (χ0v) is 33.6. The van der Waals surface area contributed by atoms with E-state index in [-0.39, 0.29) is 177 Å². The van der Waals surface area contributed by atoms with Crippen LogP contribution in [0.2, 0.25) is 0 Å². The molecule has 0 aliphatic carbocycles. The van der Waals surface area contributed by atoms with Gasteiger partial charge in [-0.1, -0.05) is 0 Å². The zero-order chi connectivity index (χ0) is 19.2. The second kappa shape index (κ2) is 18.3. The van der Waals surface area contributed by atoms with Gasteiger partial charge < -0.3 is 29.4 Å². The Morgan fingerprint density at radius 2 is 0.367 bits per heavy atom. The van der Waals surface area contributed by atoms with Gasteiger partial charge in [0.25, 0.3) is 0 Å². The van der Waals surface area contributed by atoms with Crippen molar-refractivity contribution in [3.63, 3.8) is 0 Å². The first kappa shape index (κ1) is 49.8. The van der Waals surface area contributed by atoms with E-state index in [0.29, 0.717) is 0 Å². The van der Waals surface area contributed by atoms with Gasteiger partial charge in [0.05, 0.1) is 0 Å². The molecule has 1 aliphatic rings. The molecule has 0 radical (unpaired) electrons. The van der Waals surface area contributed by atoms with Crippen LogP contribution in [0.3, 0.4) is 0 Å². The standard InChI is InChI=1S/6Na.H6O18P6/c;;;;;;1-19(2)13-20(3,4)15-22(7,8)17-24(11,12)18-23(9,10)16-21(5,6)14-19/h;;;;;;(H,1,2)(H,3,4)(H,5,6)(H,7,8)(H,9,10)(H,11,12)/q6*+1;. The first-order valence-electron chi connectivity index (χ1n) is 4.49. The molecule has 0 aromatic carbocycles. The first-order valence-corrected chi connectivity index (χ1v) is 13.5. The molecule has 1 aliphatic heterocycles. The summed E-state index contributed by atoms with van der Waals surface area (Å²) < 4.78 is 86.9. The molecule has 1 fully saturated rings. The Bertz CT molecular complexity index is 596. The summed E-state index contributed by atoms with van der Waals surface area (Å²) in [6.07, 6.45) is 0. The van der Waals surface area contributed by atoms with Crippen molar-refractivity contribution in [1.29, 1.82) is 0 Å². The van der Waals surface area contributed by atoms with Gasteiger partial charge in [-0.3, -0.25) is 0 Å². The maximum absolute atomic E-state index is 11.2. The minimum atomic E-state index is -6.11. The molecule has 6 N–H and O–H groups in total. The van der Waals surface area contributed by atoms with E-state index in [1.54, 1.807) is 0 Å². The average molecular weight is 618 g/mol. The maximum atomic E-state index is 11.2. The van der Waals surface area contributed by atoms with Crippen molar-refractivity contribution in [2.24, 2.45) is 0 Å². The van der Waals surface area contributed by atoms with Crippen molar-refractivity contribution in [3.8, 4) is 0 Å². The molecule has 0 saturated carbocycles. The van der Waals surface area contributed by atoms with Crippen LogP contribution >= 0.6 is 46.9 Å². The minimum absolute atomic E-state index is 0. The van der Waals surface area contributed by atoms with Crippen LogP contribution in [0, 0.1) is 0 Å². The van der Waals surface area contributed by atoms with Crippen molar-refractivity contribution in [2.75, 3.05) is 0 Å². The van der Waals surface area contributed by atoms with Gasteiger partial charge in [-0.05, 0) is 0 Å². The minimum Gasteiger partial charge on any atom is -0.302 e. The van der Waals surface area contributed by atoms with Gasteiger partial charge >= 0.3 is 224 Å². The van der Waals surface area contributed by atoms with E-state index in [0.717, 1.165) is 0 Å². The smallest absolute Gasteiger partial charge is 0.302 e. The summed E-state index contributed by atoms with van der Waals surface area (Å²) in [5.74, 6) is 0. The monoisotopic (exact) mass is 618 g/mol. The van der Waals surface area contributed by atoms with E-state index >= 15 is 0 Å². The van der Waals surface area contributed by atoms with Gasteiger partial charge in [0.2, 0.25) is 0 Å². The Morgan fingerprint density at radius 1 is 0.300 bits per heavy atom. The second-order valence-electron chi connectivity index (χ2n) is 3.30. The molecule has 1 rings (SSSR count). The Balaban J connectivity index is -0.000000240. The van der Waals surface area contributed by atoms with E-state index < -0.39 is 46.9 Å². The van der Waals surface area contributed by atoms with Crippen LogP contribution in [0.15, 0.2) is 0 Å². The third-order valence-corrected chi connectivity index (χ3v) is 11.1. The normalized spacial score (nSPS) is 44.2. The van der Waals surface area contributed by atoms with Crippen LogP contribution in [0.25, 0.3) is 0 Å². The van der Waals surface area contributed by atoms with Gasteiger partial charge in [0.1, 0.15) is 0 Å². The summed E-state index contributed by atoms with van der Waals surface area (Å²) in [6, 6.07) is 0. The molecule has 0 aromatic heterocycles. The summed E-state index contributed by atoms with van der Waals surface area (Å²) in [5, 5.41) is 0. The molecule has 0 aromatic rings. The fourth-order valence-electron chi connectivity index (χ4n) is 0.872. The number of hydrogen-bond donors (Lipinski definition) is 6. The van der Waals surface area contributed by atoms with Crippen molar-refractivity contribution in [1.82, 2.24) is 0 Å². The third-order valence-electron chi connectivity index (χ3n) is 1.24. The van der Waals surface area contributed by atoms with Gasteiger partial charge in [-0.2, -0.15) is 25.9 Å². The Kier molecular flexibility index (Phi) is 30.4. The quantitative estimate of drug-likeness (QED) is 0.109. The molecule has 30 heavy (non-hydrogen) atoms. The van der Waals surface area contributed by atoms with Crippen LogP contribution < -0.4 is 177 Å². The van der Waals surface area contributed by atoms with Crippen LogP contribution in [-0.4, -0.2) is 29.4 Å². The van der Waals surface area contributed by atoms with E-state index in [1.807, 2.05) is 0 Å². The van der Waals surface area contributed by atoms with Gasteiger partial charge in [0, 0.05) is 0 Å². The van der Waals surface area contributed by atoms with Crippen LogP contribution in [-0.2, 0) is 53.3 Å². The Hall–Kier alpha value is 6.90. The fourth-order valence-corrected chi connectivity index (χ4v) is 9.46. The van der Waals surface area contributed by atoms with E-state index in [1.165, 1.54) is 0 Å². The number of hydrogen-bond acceptors (Lipinski definition) is 12. The number of phosphoric acid groups is 6. The molecule has 0 amide bonds. The second-order valence-corrected chi connectivity index (χ2v) is 12.8. The Labute approximate surface area is 301 Å². The molecular formula is H6Na6O18P6+6. The maximum Gasteiger partial charge on any atom is 1.00 e. The molecule has 0 spiro atoms. The number of rotatable bonds is 0. The third kappa shape index (κ3) is 21.8. The summed E-state index contributed by atoms with van der Waals surface area (Å²) in [4.78, 5) is 53.6. The molecule has 0 bridgehead atoms. The molecule has 1 heterocycles. The largest absolute Gasteiger partial charge is 1.00 e.